The van der Waals surface area contributed by atoms with Crippen molar-refractivity contribution in [2.24, 2.45) is 0 Å². The van der Waals surface area contributed by atoms with E-state index in [0.29, 0.717) is 5.95 Å². The van der Waals surface area contributed by atoms with Gasteiger partial charge < -0.3 is 19.5 Å². The zero-order valence-electron chi connectivity index (χ0n) is 13.2. The minimum atomic E-state index is -0.0445. The molecule has 0 radical (unpaired) electrons. The third-order valence-electron chi connectivity index (χ3n) is 4.07. The molecule has 1 fully saturated rings. The van der Waals surface area contributed by atoms with E-state index in [4.69, 9.17) is 14.2 Å². The molecule has 1 N–H and O–H groups in total. The van der Waals surface area contributed by atoms with Crippen LogP contribution in [0.4, 0.5) is 5.95 Å². The number of ether oxygens (including phenoxy) is 3. The van der Waals surface area contributed by atoms with Gasteiger partial charge in [0.1, 0.15) is 0 Å². The Labute approximate surface area is 125 Å². The molecule has 1 atom stereocenters. The molecule has 1 unspecified atom stereocenters. The highest BCUT2D eigenvalue weighted by molar-refractivity contribution is 5.29. The van der Waals surface area contributed by atoms with Gasteiger partial charge in [-0.05, 0) is 25.7 Å². The molecule has 1 aromatic rings. The maximum atomic E-state index is 5.98. The number of hydrogen-bond acceptors (Lipinski definition) is 7. The normalized spacial score (nSPS) is 20.9. The summed E-state index contributed by atoms with van der Waals surface area (Å²) in [6.07, 6.45) is 3.88. The summed E-state index contributed by atoms with van der Waals surface area (Å²) in [7, 11) is 3.04. The van der Waals surface area contributed by atoms with Crippen LogP contribution in [-0.2, 0) is 4.74 Å². The van der Waals surface area contributed by atoms with E-state index in [-0.39, 0.29) is 23.7 Å². The van der Waals surface area contributed by atoms with Crippen LogP contribution in [0.15, 0.2) is 0 Å². The lowest BCUT2D eigenvalue weighted by molar-refractivity contribution is -0.0865. The van der Waals surface area contributed by atoms with Gasteiger partial charge in [0.2, 0.25) is 5.95 Å². The van der Waals surface area contributed by atoms with E-state index in [1.807, 2.05) is 0 Å². The maximum absolute atomic E-state index is 5.98. The second-order valence-electron chi connectivity index (χ2n) is 5.21. The van der Waals surface area contributed by atoms with E-state index < -0.39 is 0 Å². The zero-order chi connectivity index (χ0) is 15.3. The number of methoxy groups -OCH3 is 2. The van der Waals surface area contributed by atoms with Gasteiger partial charge >= 0.3 is 12.0 Å². The van der Waals surface area contributed by atoms with Crippen molar-refractivity contribution in [3.05, 3.63) is 0 Å². The number of anilines is 1. The van der Waals surface area contributed by atoms with Crippen molar-refractivity contribution in [3.63, 3.8) is 0 Å². The van der Waals surface area contributed by atoms with Gasteiger partial charge in [-0.2, -0.15) is 9.97 Å². The van der Waals surface area contributed by atoms with Crippen molar-refractivity contribution in [3.8, 4) is 12.0 Å². The van der Waals surface area contributed by atoms with Crippen LogP contribution in [0.2, 0.25) is 0 Å². The molecule has 1 aromatic heterocycles. The van der Waals surface area contributed by atoms with Crippen LogP contribution >= 0.6 is 0 Å². The summed E-state index contributed by atoms with van der Waals surface area (Å²) < 4.78 is 16.1. The van der Waals surface area contributed by atoms with Crippen molar-refractivity contribution in [2.75, 3.05) is 26.1 Å². The van der Waals surface area contributed by atoms with Crippen molar-refractivity contribution in [1.82, 2.24) is 15.0 Å². The molecule has 0 amide bonds. The van der Waals surface area contributed by atoms with E-state index in [1.54, 1.807) is 0 Å². The Morgan fingerprint density at radius 1 is 1.14 bits per heavy atom. The molecule has 1 saturated heterocycles. The van der Waals surface area contributed by atoms with Crippen molar-refractivity contribution >= 4 is 5.95 Å². The fraction of sp³-hybridized carbons (Fsp3) is 0.786. The highest BCUT2D eigenvalue weighted by Gasteiger charge is 2.34. The van der Waals surface area contributed by atoms with E-state index in [9.17, 15) is 0 Å². The van der Waals surface area contributed by atoms with E-state index in [1.165, 1.54) is 14.2 Å². The molecule has 1 aliphatic rings. The Kier molecular flexibility index (Phi) is 5.17. The van der Waals surface area contributed by atoms with Gasteiger partial charge in [0.15, 0.2) is 0 Å². The number of nitrogens with zero attached hydrogens (tertiary/aromatic N) is 3. The summed E-state index contributed by atoms with van der Waals surface area (Å²) in [6.45, 7) is 5.08. The molecule has 2 heterocycles. The minimum Gasteiger partial charge on any atom is -0.467 e. The molecule has 0 aromatic carbocycles. The summed E-state index contributed by atoms with van der Waals surface area (Å²) in [6, 6.07) is 0.762. The third-order valence-corrected chi connectivity index (χ3v) is 4.07. The van der Waals surface area contributed by atoms with Crippen LogP contribution < -0.4 is 14.8 Å². The van der Waals surface area contributed by atoms with E-state index in [2.05, 4.69) is 34.1 Å². The molecule has 0 spiro atoms. The average Bonchev–Trinajstić information content (AvgIpc) is 2.54. The van der Waals surface area contributed by atoms with Gasteiger partial charge in [-0.3, -0.25) is 0 Å². The summed E-state index contributed by atoms with van der Waals surface area (Å²) in [5.74, 6) is 0.478. The summed E-state index contributed by atoms with van der Waals surface area (Å²) in [5.41, 5.74) is -0.0445. The Balaban J connectivity index is 2.10. The first-order valence-electron chi connectivity index (χ1n) is 7.39. The van der Waals surface area contributed by atoms with E-state index >= 15 is 0 Å². The molecule has 7 nitrogen and oxygen atoms in total. The van der Waals surface area contributed by atoms with Gasteiger partial charge in [-0.25, -0.2) is 0 Å². The van der Waals surface area contributed by atoms with Crippen LogP contribution in [-0.4, -0.2) is 47.4 Å². The molecule has 0 bridgehead atoms. The van der Waals surface area contributed by atoms with Crippen LogP contribution in [0.5, 0.6) is 12.0 Å². The minimum absolute atomic E-state index is 0.0445. The number of rotatable bonds is 6. The second-order valence-corrected chi connectivity index (χ2v) is 5.21. The molecule has 7 heteroatoms. The van der Waals surface area contributed by atoms with E-state index in [0.717, 1.165) is 32.3 Å². The van der Waals surface area contributed by atoms with Gasteiger partial charge in [-0.1, -0.05) is 13.8 Å². The summed E-state index contributed by atoms with van der Waals surface area (Å²) >= 11 is 0. The van der Waals surface area contributed by atoms with Crippen LogP contribution in [0, 0.1) is 0 Å². The van der Waals surface area contributed by atoms with Gasteiger partial charge in [0, 0.05) is 12.6 Å². The van der Waals surface area contributed by atoms with Gasteiger partial charge in [-0.15, -0.1) is 4.98 Å². The van der Waals surface area contributed by atoms with Crippen molar-refractivity contribution < 1.29 is 14.2 Å². The largest absolute Gasteiger partial charge is 0.467 e. The molecule has 0 aliphatic carbocycles. The quantitative estimate of drug-likeness (QED) is 0.860. The standard InChI is InChI=1S/C14H24N4O3/c1-5-14(6-2)9-10(7-8-21-14)15-11-16-12(19-3)18-13(17-11)20-4/h10H,5-9H2,1-4H3,(H,15,16,17,18). The Morgan fingerprint density at radius 2 is 1.76 bits per heavy atom. The number of aromatic nitrogens is 3. The Hall–Kier alpha value is -1.63. The Morgan fingerprint density at radius 3 is 2.29 bits per heavy atom. The molecular formula is C14H24N4O3. The van der Waals surface area contributed by atoms with Crippen LogP contribution in [0.1, 0.15) is 39.5 Å². The monoisotopic (exact) mass is 296 g/mol. The smallest absolute Gasteiger partial charge is 0.324 e. The van der Waals surface area contributed by atoms with Crippen LogP contribution in [0.25, 0.3) is 0 Å². The zero-order valence-corrected chi connectivity index (χ0v) is 13.2. The highest BCUT2D eigenvalue weighted by atomic mass is 16.5. The Bertz CT molecular complexity index is 443. The number of nitrogens with one attached hydrogen (secondary N) is 1. The first-order valence-corrected chi connectivity index (χ1v) is 7.39. The van der Waals surface area contributed by atoms with Crippen molar-refractivity contribution in [1.29, 1.82) is 0 Å². The average molecular weight is 296 g/mol. The summed E-state index contributed by atoms with van der Waals surface area (Å²) in [5, 5.41) is 3.35. The fourth-order valence-corrected chi connectivity index (χ4v) is 2.66. The summed E-state index contributed by atoms with van der Waals surface area (Å²) in [4.78, 5) is 12.4. The molecule has 2 rings (SSSR count). The lowest BCUT2D eigenvalue weighted by atomic mass is 9.86. The predicted octanol–water partition coefficient (Wildman–Crippen LogP) is 2.04. The lowest BCUT2D eigenvalue weighted by Crippen LogP contribution is -2.43. The van der Waals surface area contributed by atoms with Gasteiger partial charge in [0.05, 0.1) is 19.8 Å². The van der Waals surface area contributed by atoms with Crippen molar-refractivity contribution in [2.45, 2.75) is 51.2 Å². The number of hydrogen-bond donors (Lipinski definition) is 1. The lowest BCUT2D eigenvalue weighted by Gasteiger charge is -2.40. The SMILES string of the molecule is CCC1(CC)CC(Nc2nc(OC)nc(OC)n2)CCO1. The van der Waals surface area contributed by atoms with Crippen LogP contribution in [0.3, 0.4) is 0 Å². The van der Waals surface area contributed by atoms with Gasteiger partial charge in [0.25, 0.3) is 0 Å². The third kappa shape index (κ3) is 3.72. The first kappa shape index (κ1) is 15.8. The maximum Gasteiger partial charge on any atom is 0.324 e. The second kappa shape index (κ2) is 6.89. The molecule has 118 valence electrons. The highest BCUT2D eigenvalue weighted by Crippen LogP contribution is 2.32. The fourth-order valence-electron chi connectivity index (χ4n) is 2.66. The topological polar surface area (TPSA) is 78.4 Å². The molecular weight excluding hydrogens is 272 g/mol. The first-order chi connectivity index (χ1) is 10.1. The molecule has 21 heavy (non-hydrogen) atoms. The molecule has 0 saturated carbocycles. The molecule has 1 aliphatic heterocycles. The predicted molar refractivity (Wildman–Crippen MR) is 78.8 cm³/mol.